The minimum absolute atomic E-state index is 0.115. The average Bonchev–Trinajstić information content (AvgIpc) is 2.86. The standard InChI is InChI=1S/C17H25ClN2O/c1-5-7-9-12(3)20-14-10-8-11-15(21-6-2)16(14)19-17(20)13(4)18/h8,10-13H,5-7,9H2,1-4H3. The zero-order valence-corrected chi connectivity index (χ0v) is 14.2. The molecule has 1 heterocycles. The molecule has 4 heteroatoms. The molecule has 21 heavy (non-hydrogen) atoms. The number of hydrogen-bond donors (Lipinski definition) is 0. The molecule has 2 atom stereocenters. The van der Waals surface area contributed by atoms with E-state index in [4.69, 9.17) is 21.3 Å². The van der Waals surface area contributed by atoms with Crippen molar-refractivity contribution in [3.05, 3.63) is 24.0 Å². The summed E-state index contributed by atoms with van der Waals surface area (Å²) in [4.78, 5) is 4.77. The summed E-state index contributed by atoms with van der Waals surface area (Å²) in [5.41, 5.74) is 2.04. The molecule has 0 aliphatic heterocycles. The normalized spacial score (nSPS) is 14.3. The highest BCUT2D eigenvalue weighted by atomic mass is 35.5. The van der Waals surface area contributed by atoms with Crippen molar-refractivity contribution in [1.82, 2.24) is 9.55 Å². The van der Waals surface area contributed by atoms with E-state index in [9.17, 15) is 0 Å². The van der Waals surface area contributed by atoms with Crippen LogP contribution in [-0.4, -0.2) is 16.2 Å². The zero-order chi connectivity index (χ0) is 15.4. The summed E-state index contributed by atoms with van der Waals surface area (Å²) in [6.07, 6.45) is 3.55. The largest absolute Gasteiger partial charge is 0.492 e. The first-order valence-electron chi connectivity index (χ1n) is 7.87. The van der Waals surface area contributed by atoms with Gasteiger partial charge in [-0.2, -0.15) is 0 Å². The Morgan fingerprint density at radius 2 is 2.05 bits per heavy atom. The summed E-state index contributed by atoms with van der Waals surface area (Å²) in [7, 11) is 0. The van der Waals surface area contributed by atoms with Crippen molar-refractivity contribution in [1.29, 1.82) is 0 Å². The number of alkyl halides is 1. The quantitative estimate of drug-likeness (QED) is 0.633. The van der Waals surface area contributed by atoms with Gasteiger partial charge >= 0.3 is 0 Å². The zero-order valence-electron chi connectivity index (χ0n) is 13.4. The van der Waals surface area contributed by atoms with Gasteiger partial charge in [0.2, 0.25) is 0 Å². The molecule has 1 aromatic carbocycles. The molecule has 0 amide bonds. The first kappa shape index (κ1) is 16.2. The predicted molar refractivity (Wildman–Crippen MR) is 89.4 cm³/mol. The molecule has 0 bridgehead atoms. The first-order valence-corrected chi connectivity index (χ1v) is 8.31. The maximum Gasteiger partial charge on any atom is 0.147 e. The molecule has 0 saturated carbocycles. The fourth-order valence-electron chi connectivity index (χ4n) is 2.75. The summed E-state index contributed by atoms with van der Waals surface area (Å²) in [5, 5.41) is -0.115. The predicted octanol–water partition coefficient (Wildman–Crippen LogP) is 5.49. The summed E-state index contributed by atoms with van der Waals surface area (Å²) in [5.74, 6) is 1.78. The summed E-state index contributed by atoms with van der Waals surface area (Å²) in [6.45, 7) is 9.07. The van der Waals surface area contributed by atoms with E-state index in [2.05, 4.69) is 24.5 Å². The van der Waals surface area contributed by atoms with E-state index in [1.165, 1.54) is 12.8 Å². The Kier molecular flexibility index (Phi) is 5.51. The minimum Gasteiger partial charge on any atom is -0.492 e. The van der Waals surface area contributed by atoms with Crippen molar-refractivity contribution in [2.75, 3.05) is 6.61 Å². The molecule has 1 aromatic heterocycles. The second kappa shape index (κ2) is 7.17. The number of para-hydroxylation sites is 1. The van der Waals surface area contributed by atoms with E-state index in [1.54, 1.807) is 0 Å². The second-order valence-electron chi connectivity index (χ2n) is 5.50. The van der Waals surface area contributed by atoms with E-state index in [-0.39, 0.29) is 5.38 Å². The molecule has 2 rings (SSSR count). The molecule has 3 nitrogen and oxygen atoms in total. The van der Waals surface area contributed by atoms with Gasteiger partial charge in [0.25, 0.3) is 0 Å². The van der Waals surface area contributed by atoms with E-state index >= 15 is 0 Å². The van der Waals surface area contributed by atoms with Gasteiger partial charge in [-0.1, -0.05) is 25.8 Å². The van der Waals surface area contributed by atoms with Crippen LogP contribution in [0, 0.1) is 0 Å². The Morgan fingerprint density at radius 1 is 1.29 bits per heavy atom. The van der Waals surface area contributed by atoms with Crippen LogP contribution < -0.4 is 4.74 Å². The average molecular weight is 309 g/mol. The van der Waals surface area contributed by atoms with Crippen LogP contribution in [-0.2, 0) is 0 Å². The highest BCUT2D eigenvalue weighted by molar-refractivity contribution is 6.20. The maximum atomic E-state index is 6.36. The van der Waals surface area contributed by atoms with Crippen LogP contribution in [0.1, 0.15) is 64.2 Å². The Hall–Kier alpha value is -1.22. The van der Waals surface area contributed by atoms with Gasteiger partial charge in [0.05, 0.1) is 17.5 Å². The van der Waals surface area contributed by atoms with Gasteiger partial charge in [-0.05, 0) is 39.3 Å². The van der Waals surface area contributed by atoms with Crippen LogP contribution in [0.25, 0.3) is 11.0 Å². The lowest BCUT2D eigenvalue weighted by Gasteiger charge is -2.18. The SMILES string of the molecule is CCCCC(C)n1c(C(C)Cl)nc2c(OCC)cccc21. The molecule has 0 saturated heterocycles. The Labute approximate surface area is 132 Å². The number of fused-ring (bicyclic) bond motifs is 1. The smallest absolute Gasteiger partial charge is 0.147 e. The summed E-state index contributed by atoms with van der Waals surface area (Å²) in [6, 6.07) is 6.50. The molecule has 0 fully saturated rings. The Bertz CT molecular complexity index is 592. The molecule has 0 spiro atoms. The van der Waals surface area contributed by atoms with Gasteiger partial charge in [0.15, 0.2) is 0 Å². The van der Waals surface area contributed by atoms with Crippen molar-refractivity contribution in [2.24, 2.45) is 0 Å². The summed E-state index contributed by atoms with van der Waals surface area (Å²) < 4.78 is 7.99. The third-order valence-electron chi connectivity index (χ3n) is 3.78. The fourth-order valence-corrected chi connectivity index (χ4v) is 2.91. The van der Waals surface area contributed by atoms with E-state index in [0.29, 0.717) is 12.6 Å². The maximum absolute atomic E-state index is 6.36. The molecule has 0 radical (unpaired) electrons. The lowest BCUT2D eigenvalue weighted by Crippen LogP contribution is -2.10. The minimum atomic E-state index is -0.115. The van der Waals surface area contributed by atoms with Crippen molar-refractivity contribution in [3.8, 4) is 5.75 Å². The Morgan fingerprint density at radius 3 is 2.67 bits per heavy atom. The number of imidazole rings is 1. The number of halogens is 1. The Balaban J connectivity index is 2.55. The van der Waals surface area contributed by atoms with Crippen LogP contribution in [0.3, 0.4) is 0 Å². The van der Waals surface area contributed by atoms with Crippen LogP contribution in [0.5, 0.6) is 5.75 Å². The lowest BCUT2D eigenvalue weighted by atomic mass is 10.1. The topological polar surface area (TPSA) is 27.1 Å². The second-order valence-corrected chi connectivity index (χ2v) is 6.16. The fraction of sp³-hybridized carbons (Fsp3) is 0.588. The van der Waals surface area contributed by atoms with Crippen LogP contribution >= 0.6 is 11.6 Å². The van der Waals surface area contributed by atoms with Crippen molar-refractivity contribution in [2.45, 2.75) is 58.4 Å². The van der Waals surface area contributed by atoms with Crippen LogP contribution in [0.15, 0.2) is 18.2 Å². The van der Waals surface area contributed by atoms with Crippen molar-refractivity contribution >= 4 is 22.6 Å². The number of benzene rings is 1. The highest BCUT2D eigenvalue weighted by Gasteiger charge is 2.20. The molecule has 0 aliphatic rings. The van der Waals surface area contributed by atoms with Gasteiger partial charge < -0.3 is 9.30 Å². The monoisotopic (exact) mass is 308 g/mol. The van der Waals surface area contributed by atoms with Crippen molar-refractivity contribution in [3.63, 3.8) is 0 Å². The molecule has 2 aromatic rings. The first-order chi connectivity index (χ1) is 10.1. The summed E-state index contributed by atoms with van der Waals surface area (Å²) >= 11 is 6.36. The number of aromatic nitrogens is 2. The van der Waals surface area contributed by atoms with Crippen LogP contribution in [0.2, 0.25) is 0 Å². The molecule has 116 valence electrons. The van der Waals surface area contributed by atoms with E-state index in [0.717, 1.165) is 29.0 Å². The van der Waals surface area contributed by atoms with Gasteiger partial charge in [-0.15, -0.1) is 11.6 Å². The number of rotatable bonds is 7. The number of nitrogens with zero attached hydrogens (tertiary/aromatic N) is 2. The lowest BCUT2D eigenvalue weighted by molar-refractivity contribution is 0.343. The molecule has 0 aliphatic carbocycles. The van der Waals surface area contributed by atoms with Crippen LogP contribution in [0.4, 0.5) is 0 Å². The third-order valence-corrected chi connectivity index (χ3v) is 3.98. The number of hydrogen-bond acceptors (Lipinski definition) is 2. The van der Waals surface area contributed by atoms with Gasteiger partial charge in [-0.25, -0.2) is 4.98 Å². The third kappa shape index (κ3) is 3.34. The highest BCUT2D eigenvalue weighted by Crippen LogP contribution is 2.33. The number of unbranched alkanes of at least 4 members (excludes halogenated alkanes) is 1. The van der Waals surface area contributed by atoms with Crippen molar-refractivity contribution < 1.29 is 4.74 Å². The van der Waals surface area contributed by atoms with E-state index < -0.39 is 0 Å². The molecule has 2 unspecified atom stereocenters. The van der Waals surface area contributed by atoms with Gasteiger partial charge in [0.1, 0.15) is 17.1 Å². The van der Waals surface area contributed by atoms with Gasteiger partial charge in [0, 0.05) is 6.04 Å². The van der Waals surface area contributed by atoms with E-state index in [1.807, 2.05) is 26.0 Å². The molecule has 0 N–H and O–H groups in total. The molecular weight excluding hydrogens is 284 g/mol. The molecular formula is C17H25ClN2O. The van der Waals surface area contributed by atoms with Gasteiger partial charge in [-0.3, -0.25) is 0 Å². The number of ether oxygens (including phenoxy) is 1.